The first-order valence-electron chi connectivity index (χ1n) is 19.8. The monoisotopic (exact) mass is 679 g/mol. The number of hydrogen-bond donors (Lipinski definition) is 1. The zero-order chi connectivity index (χ0) is 35.6. The summed E-state index contributed by atoms with van der Waals surface area (Å²) >= 11 is 0. The second kappa shape index (κ2) is 41.5. The number of allylic oxidation sites excluding steroid dienone is 16. The molecule has 0 aliphatic heterocycles. The van der Waals surface area contributed by atoms with Gasteiger partial charge in [-0.25, -0.2) is 0 Å². The van der Waals surface area contributed by atoms with Gasteiger partial charge >= 0.3 is 5.97 Å². The number of ether oxygens (including phenoxy) is 2. The number of carbonyl (C=O) groups excluding carboxylic acids is 1. The molecule has 49 heavy (non-hydrogen) atoms. The van der Waals surface area contributed by atoms with Crippen LogP contribution in [-0.2, 0) is 14.3 Å². The van der Waals surface area contributed by atoms with E-state index in [0.717, 1.165) is 83.5 Å². The number of rotatable bonds is 35. The van der Waals surface area contributed by atoms with E-state index in [1.165, 1.54) is 51.4 Å². The highest BCUT2D eigenvalue weighted by molar-refractivity contribution is 5.69. The molecule has 4 heteroatoms. The summed E-state index contributed by atoms with van der Waals surface area (Å²) in [6, 6.07) is 0. The topological polar surface area (TPSA) is 55.8 Å². The lowest BCUT2D eigenvalue weighted by molar-refractivity contribution is -0.154. The van der Waals surface area contributed by atoms with E-state index in [9.17, 15) is 9.90 Å². The van der Waals surface area contributed by atoms with Crippen molar-refractivity contribution in [2.75, 3.05) is 19.8 Å². The summed E-state index contributed by atoms with van der Waals surface area (Å²) in [4.78, 5) is 12.2. The maximum absolute atomic E-state index is 12.2. The third-order valence-electron chi connectivity index (χ3n) is 7.89. The molecular weight excluding hydrogens is 604 g/mol. The van der Waals surface area contributed by atoms with Gasteiger partial charge in [0.15, 0.2) is 0 Å². The smallest absolute Gasteiger partial charge is 0.306 e. The molecule has 0 aliphatic carbocycles. The SMILES string of the molecule is CC/C=C\C/C=C\C/C=C\C/C=C\C/C=C\C/C=C\C/C=C\CCCCCC(=O)OC(CO)COCCCCCCCC/C=C\CCCC. The Balaban J connectivity index is 3.62. The second-order valence-electron chi connectivity index (χ2n) is 12.6. The molecule has 1 N–H and O–H groups in total. The zero-order valence-electron chi connectivity index (χ0n) is 31.7. The van der Waals surface area contributed by atoms with Crippen molar-refractivity contribution < 1.29 is 19.4 Å². The minimum absolute atomic E-state index is 0.194. The fourth-order valence-corrected chi connectivity index (χ4v) is 4.93. The molecule has 4 nitrogen and oxygen atoms in total. The minimum Gasteiger partial charge on any atom is -0.457 e. The van der Waals surface area contributed by atoms with Gasteiger partial charge in [-0.2, -0.15) is 0 Å². The van der Waals surface area contributed by atoms with Crippen molar-refractivity contribution in [3.63, 3.8) is 0 Å². The summed E-state index contributed by atoms with van der Waals surface area (Å²) in [6.45, 7) is 5.13. The molecule has 0 rings (SSSR count). The molecule has 0 aliphatic rings. The van der Waals surface area contributed by atoms with Crippen LogP contribution >= 0.6 is 0 Å². The van der Waals surface area contributed by atoms with E-state index < -0.39 is 6.10 Å². The predicted octanol–water partition coefficient (Wildman–Crippen LogP) is 13.0. The van der Waals surface area contributed by atoms with Gasteiger partial charge in [-0.1, -0.05) is 156 Å². The van der Waals surface area contributed by atoms with Gasteiger partial charge in [-0.05, 0) is 89.9 Å². The van der Waals surface area contributed by atoms with Crippen LogP contribution in [0.3, 0.4) is 0 Å². The van der Waals surface area contributed by atoms with E-state index in [4.69, 9.17) is 9.47 Å². The predicted molar refractivity (Wildman–Crippen MR) is 214 cm³/mol. The van der Waals surface area contributed by atoms with Crippen molar-refractivity contribution in [2.24, 2.45) is 0 Å². The van der Waals surface area contributed by atoms with Crippen LogP contribution in [0.2, 0.25) is 0 Å². The number of aliphatic hydroxyl groups excluding tert-OH is 1. The third-order valence-corrected chi connectivity index (χ3v) is 7.89. The molecule has 0 spiro atoms. The van der Waals surface area contributed by atoms with E-state index in [1.54, 1.807) is 0 Å². The maximum Gasteiger partial charge on any atom is 0.306 e. The summed E-state index contributed by atoms with van der Waals surface area (Å²) in [6.07, 6.45) is 58.8. The number of unbranched alkanes of at least 4 members (excludes halogenated alkanes) is 11. The van der Waals surface area contributed by atoms with Crippen LogP contribution in [0.4, 0.5) is 0 Å². The van der Waals surface area contributed by atoms with Crippen LogP contribution in [0.25, 0.3) is 0 Å². The van der Waals surface area contributed by atoms with Crippen molar-refractivity contribution in [1.82, 2.24) is 0 Å². The van der Waals surface area contributed by atoms with Gasteiger partial charge < -0.3 is 14.6 Å². The Morgan fingerprint density at radius 3 is 1.41 bits per heavy atom. The highest BCUT2D eigenvalue weighted by Crippen LogP contribution is 2.10. The average molecular weight is 679 g/mol. The van der Waals surface area contributed by atoms with Gasteiger partial charge in [0.25, 0.3) is 0 Å². The van der Waals surface area contributed by atoms with Crippen molar-refractivity contribution in [1.29, 1.82) is 0 Å². The first-order valence-corrected chi connectivity index (χ1v) is 19.8. The van der Waals surface area contributed by atoms with Gasteiger partial charge in [0.1, 0.15) is 6.10 Å². The first-order chi connectivity index (χ1) is 24.2. The molecular formula is C45H74O4. The molecule has 0 bridgehead atoms. The Kier molecular flexibility index (Phi) is 39.2. The van der Waals surface area contributed by atoms with Crippen LogP contribution in [0.1, 0.15) is 155 Å². The third kappa shape index (κ3) is 39.6. The largest absolute Gasteiger partial charge is 0.457 e. The van der Waals surface area contributed by atoms with Crippen molar-refractivity contribution in [3.8, 4) is 0 Å². The van der Waals surface area contributed by atoms with Crippen LogP contribution in [0.15, 0.2) is 97.2 Å². The molecule has 0 heterocycles. The molecule has 0 fully saturated rings. The quantitative estimate of drug-likeness (QED) is 0.0412. The molecule has 0 aromatic heterocycles. The minimum atomic E-state index is -0.560. The lowest BCUT2D eigenvalue weighted by Gasteiger charge is -2.15. The Hall–Kier alpha value is -2.69. The molecule has 1 unspecified atom stereocenters. The molecule has 0 aromatic carbocycles. The van der Waals surface area contributed by atoms with Crippen LogP contribution in [0.5, 0.6) is 0 Å². The Bertz CT molecular complexity index is 934. The summed E-state index contributed by atoms with van der Waals surface area (Å²) < 4.78 is 11.1. The van der Waals surface area contributed by atoms with E-state index in [-0.39, 0.29) is 19.2 Å². The van der Waals surface area contributed by atoms with Crippen molar-refractivity contribution >= 4 is 5.97 Å². The lowest BCUT2D eigenvalue weighted by Crippen LogP contribution is -2.27. The van der Waals surface area contributed by atoms with E-state index in [2.05, 4.69) is 111 Å². The second-order valence-corrected chi connectivity index (χ2v) is 12.6. The summed E-state index contributed by atoms with van der Waals surface area (Å²) in [5.74, 6) is -0.240. The van der Waals surface area contributed by atoms with E-state index in [1.807, 2.05) is 0 Å². The fraction of sp³-hybridized carbons (Fsp3) is 0.622. The van der Waals surface area contributed by atoms with E-state index >= 15 is 0 Å². The van der Waals surface area contributed by atoms with Gasteiger partial charge in [0, 0.05) is 13.0 Å². The number of carbonyl (C=O) groups is 1. The molecule has 0 saturated heterocycles. The summed E-state index contributed by atoms with van der Waals surface area (Å²) in [7, 11) is 0. The summed E-state index contributed by atoms with van der Waals surface area (Å²) in [5.41, 5.74) is 0. The molecule has 0 amide bonds. The fourth-order valence-electron chi connectivity index (χ4n) is 4.93. The first kappa shape index (κ1) is 46.3. The number of hydrogen-bond acceptors (Lipinski definition) is 4. The normalized spacial score (nSPS) is 13.4. The molecule has 1 atom stereocenters. The number of esters is 1. The lowest BCUT2D eigenvalue weighted by atomic mass is 10.1. The average Bonchev–Trinajstić information content (AvgIpc) is 3.11. The molecule has 0 radical (unpaired) electrons. The highest BCUT2D eigenvalue weighted by Gasteiger charge is 2.13. The Morgan fingerprint density at radius 2 is 0.918 bits per heavy atom. The van der Waals surface area contributed by atoms with E-state index in [0.29, 0.717) is 13.0 Å². The van der Waals surface area contributed by atoms with Gasteiger partial charge in [-0.3, -0.25) is 4.79 Å². The standard InChI is InChI=1S/C45H74O4/c1-3-5-7-9-11-13-15-17-18-19-20-21-22-23-24-25-26-27-28-29-30-32-34-36-38-40-45(47)49-44(42-46)43-48-41-39-37-35-33-31-16-14-12-10-8-6-4-2/h5,7,10-13,17-18,20-21,23-24,26-27,29-30,44,46H,3-4,6,8-9,14-16,19,22,25,28,31-43H2,1-2H3/b7-5-,12-10-,13-11-,18-17-,21-20-,24-23-,27-26-,30-29-. The zero-order valence-corrected chi connectivity index (χ0v) is 31.7. The van der Waals surface area contributed by atoms with Gasteiger partial charge in [0.05, 0.1) is 13.2 Å². The Morgan fingerprint density at radius 1 is 0.510 bits per heavy atom. The number of aliphatic hydroxyl groups is 1. The van der Waals surface area contributed by atoms with Gasteiger partial charge in [0.2, 0.25) is 0 Å². The highest BCUT2D eigenvalue weighted by atomic mass is 16.6. The van der Waals surface area contributed by atoms with Gasteiger partial charge in [-0.15, -0.1) is 0 Å². The van der Waals surface area contributed by atoms with Crippen LogP contribution in [0, 0.1) is 0 Å². The molecule has 0 aromatic rings. The molecule has 278 valence electrons. The maximum atomic E-state index is 12.2. The summed E-state index contributed by atoms with van der Waals surface area (Å²) in [5, 5.41) is 9.56. The van der Waals surface area contributed by atoms with Crippen LogP contribution in [-0.4, -0.2) is 37.0 Å². The molecule has 0 saturated carbocycles. The van der Waals surface area contributed by atoms with Crippen molar-refractivity contribution in [3.05, 3.63) is 97.2 Å². The van der Waals surface area contributed by atoms with Crippen molar-refractivity contribution in [2.45, 2.75) is 161 Å². The Labute approximate surface area is 302 Å². The van der Waals surface area contributed by atoms with Crippen LogP contribution < -0.4 is 0 Å².